The lowest BCUT2D eigenvalue weighted by Gasteiger charge is -2.23. The Morgan fingerprint density at radius 3 is 2.65 bits per heavy atom. The highest BCUT2D eigenvalue weighted by Gasteiger charge is 2.43. The van der Waals surface area contributed by atoms with Crippen LogP contribution in [0.5, 0.6) is 0 Å². The number of hydrogen-bond acceptors (Lipinski definition) is 6. The number of aromatic carboxylic acids is 1. The molecule has 0 spiro atoms. The van der Waals surface area contributed by atoms with Crippen molar-refractivity contribution in [3.05, 3.63) is 85.7 Å². The number of nitrogens with one attached hydrogen (secondary N) is 1. The number of aromatic nitrogens is 2. The summed E-state index contributed by atoms with van der Waals surface area (Å²) < 4.78 is 18.1. The van der Waals surface area contributed by atoms with Crippen LogP contribution in [0.25, 0.3) is 16.8 Å². The second kappa shape index (κ2) is 8.68. The van der Waals surface area contributed by atoms with Crippen molar-refractivity contribution in [3.8, 4) is 16.8 Å². The van der Waals surface area contributed by atoms with E-state index in [9.17, 15) is 19.5 Å². The minimum Gasteiger partial charge on any atom is -0.478 e. The average molecular weight is 464 g/mol. The van der Waals surface area contributed by atoms with Crippen LogP contribution in [-0.4, -0.2) is 52.3 Å². The molecule has 0 amide bonds. The van der Waals surface area contributed by atoms with Crippen LogP contribution in [0, 0.1) is 13.8 Å². The molecule has 2 N–H and O–H groups in total. The average Bonchev–Trinajstić information content (AvgIpc) is 3.43. The van der Waals surface area contributed by atoms with Crippen molar-refractivity contribution in [3.63, 3.8) is 0 Å². The van der Waals surface area contributed by atoms with Crippen molar-refractivity contribution in [1.82, 2.24) is 9.55 Å². The smallest absolute Gasteiger partial charge is 0.336 e. The maximum atomic E-state index is 13.0. The molecule has 3 aromatic rings. The van der Waals surface area contributed by atoms with Gasteiger partial charge in [0.25, 0.3) is 5.56 Å². The lowest BCUT2D eigenvalue weighted by Crippen LogP contribution is -2.35. The topological polar surface area (TPSA) is 120 Å². The van der Waals surface area contributed by atoms with Crippen molar-refractivity contribution < 1.29 is 24.1 Å². The predicted octanol–water partition coefficient (Wildman–Crippen LogP) is 2.19. The van der Waals surface area contributed by atoms with Crippen LogP contribution in [0.4, 0.5) is 0 Å². The summed E-state index contributed by atoms with van der Waals surface area (Å²) in [4.78, 5) is 40.7. The number of nitrogens with zero attached hydrogens (tertiary/aromatic N) is 1. The molecule has 2 aromatic carbocycles. The van der Waals surface area contributed by atoms with E-state index in [1.54, 1.807) is 13.8 Å². The summed E-state index contributed by atoms with van der Waals surface area (Å²) in [5.74, 6) is -1.16. The normalized spacial score (nSPS) is 21.5. The minimum absolute atomic E-state index is 0.00551. The monoisotopic (exact) mass is 464 g/mol. The van der Waals surface area contributed by atoms with E-state index in [1.165, 1.54) is 12.3 Å². The predicted molar refractivity (Wildman–Crippen MR) is 123 cm³/mol. The minimum atomic E-state index is -1.16. The van der Waals surface area contributed by atoms with E-state index in [0.29, 0.717) is 28.9 Å². The number of benzene rings is 2. The number of H-pyrrole nitrogens is 1. The van der Waals surface area contributed by atoms with Gasteiger partial charge in [-0.2, -0.15) is 0 Å². The third-order valence-corrected chi connectivity index (χ3v) is 6.53. The molecule has 0 aliphatic carbocycles. The highest BCUT2D eigenvalue weighted by atomic mass is 16.7. The van der Waals surface area contributed by atoms with Crippen molar-refractivity contribution in [2.24, 2.45) is 0 Å². The number of aromatic amines is 1. The molecule has 2 aliphatic heterocycles. The van der Waals surface area contributed by atoms with Crippen LogP contribution < -0.4 is 11.2 Å². The molecule has 176 valence electrons. The molecule has 9 heteroatoms. The number of carboxylic acid groups (broad SMARTS) is 1. The molecule has 1 aromatic heterocycles. The molecular formula is C25H24N2O7. The first kappa shape index (κ1) is 22.3. The van der Waals surface area contributed by atoms with Gasteiger partial charge >= 0.3 is 11.7 Å². The van der Waals surface area contributed by atoms with E-state index in [2.05, 4.69) is 4.98 Å². The Balaban J connectivity index is 1.77. The maximum Gasteiger partial charge on any atom is 0.336 e. The number of carboxylic acids is 1. The summed E-state index contributed by atoms with van der Waals surface area (Å²) in [7, 11) is 0. The molecule has 34 heavy (non-hydrogen) atoms. The van der Waals surface area contributed by atoms with Crippen molar-refractivity contribution in [2.45, 2.75) is 38.6 Å². The van der Waals surface area contributed by atoms with Gasteiger partial charge in [0, 0.05) is 23.7 Å². The zero-order valence-corrected chi connectivity index (χ0v) is 18.7. The van der Waals surface area contributed by atoms with Gasteiger partial charge in [0.2, 0.25) is 0 Å². The van der Waals surface area contributed by atoms with Gasteiger partial charge < -0.3 is 24.3 Å². The van der Waals surface area contributed by atoms with E-state index >= 15 is 0 Å². The third kappa shape index (κ3) is 3.67. The number of hydrogen-bond donors (Lipinski definition) is 2. The van der Waals surface area contributed by atoms with E-state index in [-0.39, 0.29) is 42.8 Å². The van der Waals surface area contributed by atoms with Gasteiger partial charge in [0.05, 0.1) is 24.0 Å². The molecule has 0 radical (unpaired) electrons. The van der Waals surface area contributed by atoms with Gasteiger partial charge in [-0.05, 0) is 36.6 Å². The lowest BCUT2D eigenvalue weighted by molar-refractivity contribution is -0.0415. The number of aryl methyl sites for hydroxylation is 1. The van der Waals surface area contributed by atoms with Crippen molar-refractivity contribution in [1.29, 1.82) is 0 Å². The molecule has 3 heterocycles. The first-order valence-electron chi connectivity index (χ1n) is 11.0. The van der Waals surface area contributed by atoms with Crippen molar-refractivity contribution >= 4 is 5.97 Å². The Hall–Kier alpha value is -3.53. The Morgan fingerprint density at radius 2 is 1.91 bits per heavy atom. The highest BCUT2D eigenvalue weighted by molar-refractivity contribution is 5.94. The third-order valence-electron chi connectivity index (χ3n) is 6.53. The van der Waals surface area contributed by atoms with E-state index in [1.807, 2.05) is 30.3 Å². The Labute approximate surface area is 194 Å². The van der Waals surface area contributed by atoms with Gasteiger partial charge in [-0.3, -0.25) is 4.79 Å². The molecule has 2 fully saturated rings. The van der Waals surface area contributed by atoms with Crippen LogP contribution in [0.1, 0.15) is 27.0 Å². The fraction of sp³-hybridized carbons (Fsp3) is 0.320. The highest BCUT2D eigenvalue weighted by Crippen LogP contribution is 2.36. The number of carbonyl (C=O) groups is 1. The fourth-order valence-corrected chi connectivity index (χ4v) is 4.81. The van der Waals surface area contributed by atoms with Gasteiger partial charge in [0.1, 0.15) is 19.0 Å². The van der Waals surface area contributed by atoms with Gasteiger partial charge in [-0.15, -0.1) is 0 Å². The van der Waals surface area contributed by atoms with E-state index < -0.39 is 17.2 Å². The Morgan fingerprint density at radius 1 is 1.15 bits per heavy atom. The molecule has 0 bridgehead atoms. The van der Waals surface area contributed by atoms with Crippen LogP contribution >= 0.6 is 0 Å². The van der Waals surface area contributed by atoms with Gasteiger partial charge in [-0.1, -0.05) is 30.3 Å². The van der Waals surface area contributed by atoms with Crippen LogP contribution in [-0.2, 0) is 20.6 Å². The summed E-state index contributed by atoms with van der Waals surface area (Å²) in [5.41, 5.74) is 1.98. The second-order valence-electron chi connectivity index (χ2n) is 8.54. The summed E-state index contributed by atoms with van der Waals surface area (Å²) in [6.45, 7) is 3.97. The fourth-order valence-electron chi connectivity index (χ4n) is 4.81. The Kier molecular flexibility index (Phi) is 5.68. The summed E-state index contributed by atoms with van der Waals surface area (Å²) in [6, 6.07) is 10.7. The zero-order chi connectivity index (χ0) is 24.0. The van der Waals surface area contributed by atoms with Crippen molar-refractivity contribution in [2.75, 3.05) is 13.4 Å². The quantitative estimate of drug-likeness (QED) is 0.594. The SMILES string of the molecule is Cc1c(C[C@H]2OC[C@H]3OCO[C@@H]32)c(C(=O)O)cc(-n2c(=O)[nH]cc(C)c2=O)c1-c1ccccc1. The van der Waals surface area contributed by atoms with E-state index in [0.717, 1.165) is 10.1 Å². The number of fused-ring (bicyclic) bond motifs is 1. The number of ether oxygens (including phenoxy) is 3. The van der Waals surface area contributed by atoms with Gasteiger partial charge in [-0.25, -0.2) is 14.2 Å². The summed E-state index contributed by atoms with van der Waals surface area (Å²) in [5, 5.41) is 10.1. The lowest BCUT2D eigenvalue weighted by atomic mass is 9.87. The molecule has 5 rings (SSSR count). The van der Waals surface area contributed by atoms with E-state index in [4.69, 9.17) is 14.2 Å². The Bertz CT molecular complexity index is 1380. The maximum absolute atomic E-state index is 13.0. The first-order valence-corrected chi connectivity index (χ1v) is 11.0. The molecule has 2 aliphatic rings. The van der Waals surface area contributed by atoms with Crippen LogP contribution in [0.3, 0.4) is 0 Å². The molecular weight excluding hydrogens is 440 g/mol. The standard InChI is InChI=1S/C25H24N2O7/c1-13-10-26-25(31)27(23(13)28)18-8-17(24(29)30)16(9-19-22-20(11-32-19)33-12-34-22)14(2)21(18)15-6-4-3-5-7-15/h3-8,10,19-20,22H,9,11-12H2,1-2H3,(H,26,31)(H,29,30)/t19-,20-,22-/m1/s1. The molecule has 0 unspecified atom stereocenters. The molecule has 0 saturated carbocycles. The van der Waals surface area contributed by atoms with Crippen LogP contribution in [0.15, 0.2) is 52.2 Å². The zero-order valence-electron chi connectivity index (χ0n) is 18.7. The number of rotatable bonds is 5. The van der Waals surface area contributed by atoms with Gasteiger partial charge in [0.15, 0.2) is 0 Å². The molecule has 2 saturated heterocycles. The first-order chi connectivity index (χ1) is 16.4. The summed E-state index contributed by atoms with van der Waals surface area (Å²) >= 11 is 0. The largest absolute Gasteiger partial charge is 0.478 e. The molecule has 9 nitrogen and oxygen atoms in total. The molecule has 3 atom stereocenters. The van der Waals surface area contributed by atoms with Crippen LogP contribution in [0.2, 0.25) is 0 Å². The second-order valence-corrected chi connectivity index (χ2v) is 8.54. The summed E-state index contributed by atoms with van der Waals surface area (Å²) in [6.07, 6.45) is 0.820.